The van der Waals surface area contributed by atoms with Gasteiger partial charge in [0.05, 0.1) is 13.2 Å². The molecule has 0 bridgehead atoms. The Hall–Kier alpha value is -1.84. The molecule has 1 heterocycles. The summed E-state index contributed by atoms with van der Waals surface area (Å²) in [5.74, 6) is 0. The number of hydrogen-bond donors (Lipinski definition) is 0. The summed E-state index contributed by atoms with van der Waals surface area (Å²) in [6, 6.07) is 21.2. The summed E-state index contributed by atoms with van der Waals surface area (Å²) in [6.45, 7) is 5.85. The second-order valence-corrected chi connectivity index (χ2v) is 5.28. The quantitative estimate of drug-likeness (QED) is 0.838. The van der Waals surface area contributed by atoms with Gasteiger partial charge in [0.25, 0.3) is 0 Å². The largest absolute Gasteiger partial charge is 0.379 e. The normalized spacial score (nSPS) is 15.8. The molecule has 0 unspecified atom stereocenters. The van der Waals surface area contributed by atoms with Crippen LogP contribution in [-0.2, 0) is 4.74 Å². The molecule has 0 aromatic heterocycles. The first-order valence-corrected chi connectivity index (χ1v) is 7.61. The van der Waals surface area contributed by atoms with Crippen molar-refractivity contribution in [1.29, 1.82) is 0 Å². The Balaban J connectivity index is 1.73. The number of anilines is 2. The molecule has 3 nitrogen and oxygen atoms in total. The van der Waals surface area contributed by atoms with E-state index in [1.165, 1.54) is 11.4 Å². The first-order valence-electron chi connectivity index (χ1n) is 7.61. The van der Waals surface area contributed by atoms with Gasteiger partial charge in [-0.3, -0.25) is 4.90 Å². The van der Waals surface area contributed by atoms with E-state index in [9.17, 15) is 0 Å². The van der Waals surface area contributed by atoms with E-state index in [2.05, 4.69) is 70.5 Å². The lowest BCUT2D eigenvalue weighted by Crippen LogP contribution is -2.40. The average Bonchev–Trinajstić information content (AvgIpc) is 2.58. The minimum atomic E-state index is 0.858. The molecule has 0 radical (unpaired) electrons. The molecular formula is C18H22N2O. The summed E-state index contributed by atoms with van der Waals surface area (Å²) in [6.07, 6.45) is 0. The summed E-state index contributed by atoms with van der Waals surface area (Å²) < 4.78 is 5.42. The topological polar surface area (TPSA) is 15.7 Å². The minimum absolute atomic E-state index is 0.858. The van der Waals surface area contributed by atoms with Crippen molar-refractivity contribution in [3.8, 4) is 0 Å². The molecule has 0 atom stereocenters. The van der Waals surface area contributed by atoms with Crippen LogP contribution in [-0.4, -0.2) is 44.3 Å². The number of para-hydroxylation sites is 2. The van der Waals surface area contributed by atoms with Crippen LogP contribution in [0.15, 0.2) is 60.7 Å². The third-order valence-corrected chi connectivity index (χ3v) is 3.88. The van der Waals surface area contributed by atoms with E-state index in [0.29, 0.717) is 0 Å². The second-order valence-electron chi connectivity index (χ2n) is 5.28. The van der Waals surface area contributed by atoms with Crippen LogP contribution in [0.5, 0.6) is 0 Å². The van der Waals surface area contributed by atoms with Crippen LogP contribution in [0.2, 0.25) is 0 Å². The molecule has 2 aromatic rings. The van der Waals surface area contributed by atoms with Crippen molar-refractivity contribution in [2.75, 3.05) is 44.3 Å². The van der Waals surface area contributed by atoms with Gasteiger partial charge in [-0.25, -0.2) is 0 Å². The van der Waals surface area contributed by atoms with E-state index in [0.717, 1.165) is 39.4 Å². The molecule has 0 amide bonds. The van der Waals surface area contributed by atoms with Gasteiger partial charge < -0.3 is 9.64 Å². The zero-order valence-corrected chi connectivity index (χ0v) is 12.3. The number of rotatable bonds is 5. The van der Waals surface area contributed by atoms with E-state index < -0.39 is 0 Å². The summed E-state index contributed by atoms with van der Waals surface area (Å²) in [7, 11) is 0. The summed E-state index contributed by atoms with van der Waals surface area (Å²) in [5.41, 5.74) is 2.49. The molecule has 2 aromatic carbocycles. The first kappa shape index (κ1) is 14.1. The maximum atomic E-state index is 5.42. The van der Waals surface area contributed by atoms with Crippen molar-refractivity contribution in [3.05, 3.63) is 60.7 Å². The molecule has 0 aliphatic carbocycles. The number of ether oxygens (including phenoxy) is 1. The van der Waals surface area contributed by atoms with Crippen molar-refractivity contribution in [2.45, 2.75) is 0 Å². The van der Waals surface area contributed by atoms with Crippen LogP contribution in [0.1, 0.15) is 0 Å². The van der Waals surface area contributed by atoms with Gasteiger partial charge in [0.15, 0.2) is 0 Å². The van der Waals surface area contributed by atoms with Gasteiger partial charge in [-0.2, -0.15) is 0 Å². The fourth-order valence-corrected chi connectivity index (χ4v) is 2.69. The van der Waals surface area contributed by atoms with Crippen LogP contribution in [0, 0.1) is 0 Å². The van der Waals surface area contributed by atoms with Gasteiger partial charge in [0.1, 0.15) is 0 Å². The molecule has 1 aliphatic heterocycles. The van der Waals surface area contributed by atoms with Crippen molar-refractivity contribution >= 4 is 11.4 Å². The minimum Gasteiger partial charge on any atom is -0.379 e. The van der Waals surface area contributed by atoms with Crippen LogP contribution < -0.4 is 4.90 Å². The summed E-state index contributed by atoms with van der Waals surface area (Å²) >= 11 is 0. The summed E-state index contributed by atoms with van der Waals surface area (Å²) in [4.78, 5) is 4.86. The molecule has 1 aliphatic rings. The van der Waals surface area contributed by atoms with Gasteiger partial charge in [0, 0.05) is 37.6 Å². The van der Waals surface area contributed by atoms with Crippen molar-refractivity contribution in [3.63, 3.8) is 0 Å². The third kappa shape index (κ3) is 3.84. The fraction of sp³-hybridized carbons (Fsp3) is 0.333. The SMILES string of the molecule is c1ccc(N(CCN2CCOCC2)c2ccccc2)cc1. The Bertz CT molecular complexity index is 484. The Labute approximate surface area is 126 Å². The predicted octanol–water partition coefficient (Wildman–Crippen LogP) is 3.16. The molecule has 110 valence electrons. The van der Waals surface area contributed by atoms with Crippen molar-refractivity contribution < 1.29 is 4.74 Å². The van der Waals surface area contributed by atoms with E-state index in [1.54, 1.807) is 0 Å². The molecule has 21 heavy (non-hydrogen) atoms. The van der Waals surface area contributed by atoms with Crippen LogP contribution in [0.3, 0.4) is 0 Å². The highest BCUT2D eigenvalue weighted by Crippen LogP contribution is 2.24. The van der Waals surface area contributed by atoms with Gasteiger partial charge >= 0.3 is 0 Å². The Morgan fingerprint density at radius 1 is 0.810 bits per heavy atom. The first-order chi connectivity index (χ1) is 10.4. The lowest BCUT2D eigenvalue weighted by atomic mass is 10.2. The van der Waals surface area contributed by atoms with E-state index in [-0.39, 0.29) is 0 Å². The number of hydrogen-bond acceptors (Lipinski definition) is 3. The van der Waals surface area contributed by atoms with Crippen LogP contribution >= 0.6 is 0 Å². The predicted molar refractivity (Wildman–Crippen MR) is 87.1 cm³/mol. The van der Waals surface area contributed by atoms with Gasteiger partial charge in [-0.1, -0.05) is 36.4 Å². The summed E-state index contributed by atoms with van der Waals surface area (Å²) in [5, 5.41) is 0. The highest BCUT2D eigenvalue weighted by molar-refractivity contribution is 5.62. The maximum absolute atomic E-state index is 5.42. The Morgan fingerprint density at radius 3 is 1.86 bits per heavy atom. The van der Waals surface area contributed by atoms with Crippen LogP contribution in [0.25, 0.3) is 0 Å². The molecule has 3 rings (SSSR count). The lowest BCUT2D eigenvalue weighted by molar-refractivity contribution is 0.0394. The van der Waals surface area contributed by atoms with Crippen LogP contribution in [0.4, 0.5) is 11.4 Å². The molecule has 1 saturated heterocycles. The van der Waals surface area contributed by atoms with Gasteiger partial charge in [-0.05, 0) is 24.3 Å². The third-order valence-electron chi connectivity index (χ3n) is 3.88. The van der Waals surface area contributed by atoms with Crippen molar-refractivity contribution in [1.82, 2.24) is 4.90 Å². The molecule has 1 fully saturated rings. The van der Waals surface area contributed by atoms with Gasteiger partial charge in [0.2, 0.25) is 0 Å². The fourth-order valence-electron chi connectivity index (χ4n) is 2.69. The highest BCUT2D eigenvalue weighted by Gasteiger charge is 2.13. The smallest absolute Gasteiger partial charge is 0.0594 e. The lowest BCUT2D eigenvalue weighted by Gasteiger charge is -2.31. The zero-order valence-electron chi connectivity index (χ0n) is 12.3. The maximum Gasteiger partial charge on any atom is 0.0594 e. The Kier molecular flexibility index (Phi) is 4.87. The zero-order chi connectivity index (χ0) is 14.3. The number of morpholine rings is 1. The Morgan fingerprint density at radius 2 is 1.33 bits per heavy atom. The molecule has 0 saturated carbocycles. The monoisotopic (exact) mass is 282 g/mol. The molecule has 3 heteroatoms. The molecular weight excluding hydrogens is 260 g/mol. The molecule has 0 spiro atoms. The van der Waals surface area contributed by atoms with Gasteiger partial charge in [-0.15, -0.1) is 0 Å². The number of nitrogens with zero attached hydrogens (tertiary/aromatic N) is 2. The van der Waals surface area contributed by atoms with E-state index in [4.69, 9.17) is 4.74 Å². The number of benzene rings is 2. The van der Waals surface area contributed by atoms with Crippen molar-refractivity contribution in [2.24, 2.45) is 0 Å². The second kappa shape index (κ2) is 7.25. The standard InChI is InChI=1S/C18H22N2O/c1-3-7-17(8-4-1)20(18-9-5-2-6-10-18)12-11-19-13-15-21-16-14-19/h1-10H,11-16H2. The van der Waals surface area contributed by atoms with E-state index >= 15 is 0 Å². The molecule has 0 N–H and O–H groups in total. The average molecular weight is 282 g/mol. The van der Waals surface area contributed by atoms with E-state index in [1.807, 2.05) is 0 Å². The highest BCUT2D eigenvalue weighted by atomic mass is 16.5.